The monoisotopic (exact) mass is 281 g/mol. The molecule has 0 spiro atoms. The highest BCUT2D eigenvalue weighted by molar-refractivity contribution is 7.99. The lowest BCUT2D eigenvalue weighted by molar-refractivity contribution is -0.140. The minimum absolute atomic E-state index is 0.271. The van der Waals surface area contributed by atoms with Gasteiger partial charge in [-0.15, -0.1) is 11.8 Å². The molecular weight excluding hydrogens is 266 g/mol. The maximum atomic E-state index is 12.5. The highest BCUT2D eigenvalue weighted by Crippen LogP contribution is 2.24. The number of aryl methyl sites for hydroxylation is 2. The van der Waals surface area contributed by atoms with Gasteiger partial charge in [0.2, 0.25) is 0 Å². The second-order valence-electron chi connectivity index (χ2n) is 4.33. The zero-order chi connectivity index (χ0) is 14.0. The molecule has 1 aromatic rings. The normalized spacial score (nSPS) is 18.6. The van der Waals surface area contributed by atoms with Gasteiger partial charge in [-0.2, -0.15) is 10.2 Å². The third-order valence-corrected chi connectivity index (χ3v) is 4.00. The van der Waals surface area contributed by atoms with Crippen LogP contribution in [-0.4, -0.2) is 49.8 Å². The number of carboxylic acid groups (broad SMARTS) is 1. The summed E-state index contributed by atoms with van der Waals surface area (Å²) >= 11 is 1.45. The summed E-state index contributed by atoms with van der Waals surface area (Å²) in [5.41, 5.74) is 1.72. The number of amides is 1. The van der Waals surface area contributed by atoms with Gasteiger partial charge >= 0.3 is 5.97 Å². The third-order valence-electron chi connectivity index (χ3n) is 2.99. The van der Waals surface area contributed by atoms with Crippen molar-refractivity contribution in [1.29, 1.82) is 0 Å². The number of thioether (sulfide) groups is 1. The van der Waals surface area contributed by atoms with Crippen molar-refractivity contribution >= 4 is 23.6 Å². The van der Waals surface area contributed by atoms with E-state index in [-0.39, 0.29) is 5.91 Å². The lowest BCUT2D eigenvalue weighted by Gasteiger charge is -2.21. The number of nitrogens with zero attached hydrogens (tertiary/aromatic N) is 3. The minimum atomic E-state index is -0.963. The molecule has 6 nitrogen and oxygen atoms in total. The molecule has 0 radical (unpaired) electrons. The van der Waals surface area contributed by atoms with Gasteiger partial charge in [-0.25, -0.2) is 4.79 Å². The Labute approximate surface area is 115 Å². The number of aromatic nitrogens is 2. The molecule has 0 aromatic carbocycles. The van der Waals surface area contributed by atoms with Crippen molar-refractivity contribution < 1.29 is 14.7 Å². The van der Waals surface area contributed by atoms with Crippen LogP contribution in [0.25, 0.3) is 0 Å². The van der Waals surface area contributed by atoms with E-state index in [0.717, 1.165) is 0 Å². The molecule has 102 valence electrons. The van der Waals surface area contributed by atoms with E-state index in [0.29, 0.717) is 35.0 Å². The Kier molecular flexibility index (Phi) is 4.04. The van der Waals surface area contributed by atoms with Crippen LogP contribution in [0.1, 0.15) is 28.7 Å². The lowest BCUT2D eigenvalue weighted by atomic mass is 10.1. The van der Waals surface area contributed by atoms with Crippen molar-refractivity contribution in [3.05, 3.63) is 23.0 Å². The summed E-state index contributed by atoms with van der Waals surface area (Å²) in [6, 6.07) is 0.923. The van der Waals surface area contributed by atoms with Crippen LogP contribution >= 0.6 is 11.8 Å². The summed E-state index contributed by atoms with van der Waals surface area (Å²) < 4.78 is 0. The molecule has 0 bridgehead atoms. The molecule has 1 saturated heterocycles. The molecule has 7 heteroatoms. The predicted octanol–water partition coefficient (Wildman–Crippen LogP) is 0.947. The Balaban J connectivity index is 2.33. The molecule has 1 aliphatic heterocycles. The molecular formula is C12H15N3O3S. The second-order valence-corrected chi connectivity index (χ2v) is 5.33. The summed E-state index contributed by atoms with van der Waals surface area (Å²) in [6.45, 7) is 3.65. The van der Waals surface area contributed by atoms with E-state index >= 15 is 0 Å². The van der Waals surface area contributed by atoms with Crippen molar-refractivity contribution in [3.63, 3.8) is 0 Å². The summed E-state index contributed by atoms with van der Waals surface area (Å²) in [4.78, 5) is 25.0. The van der Waals surface area contributed by atoms with Gasteiger partial charge in [0.25, 0.3) is 5.91 Å². The Morgan fingerprint density at radius 3 is 2.89 bits per heavy atom. The van der Waals surface area contributed by atoms with Crippen molar-refractivity contribution in [3.8, 4) is 0 Å². The van der Waals surface area contributed by atoms with E-state index in [1.165, 1.54) is 16.7 Å². The van der Waals surface area contributed by atoms with Crippen LogP contribution in [0.5, 0.6) is 0 Å². The van der Waals surface area contributed by atoms with Crippen molar-refractivity contribution in [1.82, 2.24) is 15.1 Å². The summed E-state index contributed by atoms with van der Waals surface area (Å²) in [6.07, 6.45) is 0.590. The van der Waals surface area contributed by atoms with E-state index < -0.39 is 12.0 Å². The Morgan fingerprint density at radius 1 is 1.53 bits per heavy atom. The molecule has 1 aromatic heterocycles. The number of carbonyl (C=O) groups is 2. The number of carboxylic acids is 1. The zero-order valence-electron chi connectivity index (χ0n) is 10.8. The highest BCUT2D eigenvalue weighted by atomic mass is 32.2. The summed E-state index contributed by atoms with van der Waals surface area (Å²) in [5, 5.41) is 17.1. The second kappa shape index (κ2) is 5.56. The largest absolute Gasteiger partial charge is 0.480 e. The molecule has 1 atom stereocenters. The van der Waals surface area contributed by atoms with Crippen molar-refractivity contribution in [2.75, 3.05) is 11.6 Å². The van der Waals surface area contributed by atoms with Gasteiger partial charge in [-0.3, -0.25) is 4.79 Å². The highest BCUT2D eigenvalue weighted by Gasteiger charge is 2.35. The number of carbonyl (C=O) groups excluding carboxylic acids is 1. The standard InChI is InChI=1S/C12H15N3O3S/c1-3-9-8(4-7(2)13-14-9)11(16)15-6-19-5-10(15)12(17)18/h4,10H,3,5-6H2,1-2H3,(H,17,18). The van der Waals surface area contributed by atoms with Crippen LogP contribution in [0.4, 0.5) is 0 Å². The van der Waals surface area contributed by atoms with Crippen LogP contribution in [0, 0.1) is 6.92 Å². The quantitative estimate of drug-likeness (QED) is 0.888. The lowest BCUT2D eigenvalue weighted by Crippen LogP contribution is -2.42. The molecule has 1 N–H and O–H groups in total. The van der Waals surface area contributed by atoms with Crippen LogP contribution in [0.3, 0.4) is 0 Å². The topological polar surface area (TPSA) is 83.4 Å². The first-order valence-electron chi connectivity index (χ1n) is 5.99. The predicted molar refractivity (Wildman–Crippen MR) is 71.1 cm³/mol. The number of rotatable bonds is 3. The fraction of sp³-hybridized carbons (Fsp3) is 0.500. The molecule has 1 aliphatic rings. The number of aliphatic carboxylic acids is 1. The average Bonchev–Trinajstić information content (AvgIpc) is 2.87. The maximum Gasteiger partial charge on any atom is 0.327 e. The first kappa shape index (κ1) is 13.8. The van der Waals surface area contributed by atoms with Gasteiger partial charge in [0.05, 0.1) is 22.8 Å². The fourth-order valence-corrected chi connectivity index (χ4v) is 3.11. The molecule has 0 saturated carbocycles. The number of hydrogen-bond acceptors (Lipinski definition) is 5. The van der Waals surface area contributed by atoms with Crippen LogP contribution in [-0.2, 0) is 11.2 Å². The maximum absolute atomic E-state index is 12.5. The molecule has 0 aliphatic carbocycles. The Morgan fingerprint density at radius 2 is 2.26 bits per heavy atom. The van der Waals surface area contributed by atoms with E-state index in [2.05, 4.69) is 10.2 Å². The van der Waals surface area contributed by atoms with E-state index in [4.69, 9.17) is 5.11 Å². The van der Waals surface area contributed by atoms with Crippen LogP contribution in [0.15, 0.2) is 6.07 Å². The van der Waals surface area contributed by atoms with Crippen LogP contribution in [0.2, 0.25) is 0 Å². The molecule has 1 unspecified atom stereocenters. The first-order chi connectivity index (χ1) is 9.04. The van der Waals surface area contributed by atoms with E-state index in [1.54, 1.807) is 13.0 Å². The van der Waals surface area contributed by atoms with Crippen molar-refractivity contribution in [2.24, 2.45) is 0 Å². The van der Waals surface area contributed by atoms with Crippen molar-refractivity contribution in [2.45, 2.75) is 26.3 Å². The van der Waals surface area contributed by atoms with Gasteiger partial charge in [0.1, 0.15) is 6.04 Å². The van der Waals surface area contributed by atoms with Gasteiger partial charge < -0.3 is 10.0 Å². The Bertz CT molecular complexity index is 521. The molecule has 19 heavy (non-hydrogen) atoms. The van der Waals surface area contributed by atoms with E-state index in [1.807, 2.05) is 6.92 Å². The van der Waals surface area contributed by atoms with Crippen LogP contribution < -0.4 is 0 Å². The number of hydrogen-bond donors (Lipinski definition) is 1. The molecule has 1 fully saturated rings. The van der Waals surface area contributed by atoms with Gasteiger partial charge in [-0.1, -0.05) is 6.92 Å². The fourth-order valence-electron chi connectivity index (χ4n) is 1.96. The molecule has 2 rings (SSSR count). The van der Waals surface area contributed by atoms with Gasteiger partial charge in [0.15, 0.2) is 0 Å². The zero-order valence-corrected chi connectivity index (χ0v) is 11.6. The summed E-state index contributed by atoms with van der Waals surface area (Å²) in [5.74, 6) is -0.400. The minimum Gasteiger partial charge on any atom is -0.480 e. The molecule has 1 amide bonds. The van der Waals surface area contributed by atoms with E-state index in [9.17, 15) is 9.59 Å². The molecule has 2 heterocycles. The average molecular weight is 281 g/mol. The van der Waals surface area contributed by atoms with Gasteiger partial charge in [0, 0.05) is 5.75 Å². The SMILES string of the molecule is CCc1nnc(C)cc1C(=O)N1CSCC1C(=O)O. The first-order valence-corrected chi connectivity index (χ1v) is 7.14. The Hall–Kier alpha value is -1.63. The van der Waals surface area contributed by atoms with Gasteiger partial charge in [-0.05, 0) is 19.4 Å². The smallest absolute Gasteiger partial charge is 0.327 e. The summed E-state index contributed by atoms with van der Waals surface area (Å²) in [7, 11) is 0. The third kappa shape index (κ3) is 2.70.